The molecular formula is C15H15NO2. The van der Waals surface area contributed by atoms with Crippen LogP contribution in [0, 0.1) is 13.8 Å². The number of benzene rings is 1. The van der Waals surface area contributed by atoms with Crippen molar-refractivity contribution >= 4 is 6.29 Å². The standard InChI is InChI=1S/C15H15NO2/c1-11-3-4-13(7-12(11)2)10-18-15-6-5-14(9-17)16-8-15/h3-9H,10H2,1-2H3. The normalized spacial score (nSPS) is 10.1. The van der Waals surface area contributed by atoms with E-state index in [-0.39, 0.29) is 0 Å². The van der Waals surface area contributed by atoms with Gasteiger partial charge in [-0.2, -0.15) is 0 Å². The first kappa shape index (κ1) is 12.3. The predicted molar refractivity (Wildman–Crippen MR) is 69.9 cm³/mol. The minimum atomic E-state index is 0.411. The van der Waals surface area contributed by atoms with Gasteiger partial charge in [-0.1, -0.05) is 18.2 Å². The molecule has 1 aromatic carbocycles. The molecule has 92 valence electrons. The number of ether oxygens (including phenoxy) is 1. The Morgan fingerprint density at radius 2 is 2.00 bits per heavy atom. The van der Waals surface area contributed by atoms with Crippen LogP contribution in [-0.2, 0) is 6.61 Å². The molecule has 3 heteroatoms. The number of rotatable bonds is 4. The average Bonchev–Trinajstić information content (AvgIpc) is 2.41. The van der Waals surface area contributed by atoms with Crippen LogP contribution in [0.2, 0.25) is 0 Å². The Kier molecular flexibility index (Phi) is 3.72. The fraction of sp³-hybridized carbons (Fsp3) is 0.200. The lowest BCUT2D eigenvalue weighted by Crippen LogP contribution is -1.97. The maximum atomic E-state index is 10.5. The van der Waals surface area contributed by atoms with E-state index in [1.165, 1.54) is 11.1 Å². The van der Waals surface area contributed by atoms with E-state index in [0.29, 0.717) is 24.3 Å². The number of aryl methyl sites for hydroxylation is 2. The lowest BCUT2D eigenvalue weighted by molar-refractivity contribution is 0.111. The monoisotopic (exact) mass is 241 g/mol. The molecule has 0 fully saturated rings. The largest absolute Gasteiger partial charge is 0.487 e. The smallest absolute Gasteiger partial charge is 0.168 e. The molecule has 0 atom stereocenters. The van der Waals surface area contributed by atoms with Gasteiger partial charge in [0.25, 0.3) is 0 Å². The average molecular weight is 241 g/mol. The lowest BCUT2D eigenvalue weighted by atomic mass is 10.1. The molecule has 0 amide bonds. The van der Waals surface area contributed by atoms with Crippen molar-refractivity contribution in [3.05, 3.63) is 58.9 Å². The van der Waals surface area contributed by atoms with Crippen molar-refractivity contribution < 1.29 is 9.53 Å². The first-order valence-electron chi connectivity index (χ1n) is 5.79. The summed E-state index contributed by atoms with van der Waals surface area (Å²) in [6, 6.07) is 9.64. The van der Waals surface area contributed by atoms with Crippen molar-refractivity contribution in [1.82, 2.24) is 4.98 Å². The van der Waals surface area contributed by atoms with Crippen molar-refractivity contribution in [2.75, 3.05) is 0 Å². The highest BCUT2D eigenvalue weighted by molar-refractivity contribution is 5.71. The maximum absolute atomic E-state index is 10.5. The maximum Gasteiger partial charge on any atom is 0.168 e. The molecule has 2 aromatic rings. The second-order valence-corrected chi connectivity index (χ2v) is 4.24. The molecule has 0 aliphatic carbocycles. The van der Waals surface area contributed by atoms with E-state index in [2.05, 4.69) is 37.0 Å². The molecule has 3 nitrogen and oxygen atoms in total. The number of nitrogens with zero attached hydrogens (tertiary/aromatic N) is 1. The summed E-state index contributed by atoms with van der Waals surface area (Å²) < 4.78 is 5.61. The van der Waals surface area contributed by atoms with Crippen LogP contribution >= 0.6 is 0 Å². The van der Waals surface area contributed by atoms with Gasteiger partial charge in [-0.25, -0.2) is 4.98 Å². The lowest BCUT2D eigenvalue weighted by Gasteiger charge is -2.07. The number of carbonyl (C=O) groups excluding carboxylic acids is 1. The highest BCUT2D eigenvalue weighted by atomic mass is 16.5. The molecule has 0 saturated heterocycles. The SMILES string of the molecule is Cc1ccc(COc2ccc(C=O)nc2)cc1C. The van der Waals surface area contributed by atoms with Gasteiger partial charge in [0.05, 0.1) is 6.20 Å². The fourth-order valence-corrected chi connectivity index (χ4v) is 1.61. The van der Waals surface area contributed by atoms with Gasteiger partial charge >= 0.3 is 0 Å². The third kappa shape index (κ3) is 2.94. The number of aromatic nitrogens is 1. The van der Waals surface area contributed by atoms with Gasteiger partial charge < -0.3 is 4.74 Å². The summed E-state index contributed by atoms with van der Waals surface area (Å²) in [5, 5.41) is 0. The number of pyridine rings is 1. The van der Waals surface area contributed by atoms with Gasteiger partial charge in [0, 0.05) is 0 Å². The van der Waals surface area contributed by atoms with E-state index in [9.17, 15) is 4.79 Å². The number of hydrogen-bond acceptors (Lipinski definition) is 3. The summed E-state index contributed by atoms with van der Waals surface area (Å²) in [4.78, 5) is 14.4. The number of hydrogen-bond donors (Lipinski definition) is 0. The van der Waals surface area contributed by atoms with Crippen molar-refractivity contribution in [2.45, 2.75) is 20.5 Å². The van der Waals surface area contributed by atoms with Crippen molar-refractivity contribution in [3.63, 3.8) is 0 Å². The van der Waals surface area contributed by atoms with E-state index in [1.807, 2.05) is 0 Å². The van der Waals surface area contributed by atoms with E-state index in [0.717, 1.165) is 5.56 Å². The van der Waals surface area contributed by atoms with Crippen molar-refractivity contribution in [1.29, 1.82) is 0 Å². The molecule has 0 N–H and O–H groups in total. The minimum Gasteiger partial charge on any atom is -0.487 e. The summed E-state index contributed by atoms with van der Waals surface area (Å²) in [6.45, 7) is 4.67. The topological polar surface area (TPSA) is 39.2 Å². The third-order valence-electron chi connectivity index (χ3n) is 2.86. The molecule has 0 saturated carbocycles. The van der Waals surface area contributed by atoms with Crippen LogP contribution in [0.3, 0.4) is 0 Å². The van der Waals surface area contributed by atoms with Gasteiger partial charge in [-0.15, -0.1) is 0 Å². The molecule has 0 aliphatic heterocycles. The Hall–Kier alpha value is -2.16. The highest BCUT2D eigenvalue weighted by Crippen LogP contribution is 2.14. The number of aldehydes is 1. The molecule has 18 heavy (non-hydrogen) atoms. The fourth-order valence-electron chi connectivity index (χ4n) is 1.61. The Bertz CT molecular complexity index is 547. The van der Waals surface area contributed by atoms with Crippen LogP contribution in [0.5, 0.6) is 5.75 Å². The summed E-state index contributed by atoms with van der Waals surface area (Å²) in [6.07, 6.45) is 2.28. The van der Waals surface area contributed by atoms with Crippen LogP contribution in [0.1, 0.15) is 27.2 Å². The zero-order chi connectivity index (χ0) is 13.0. The highest BCUT2D eigenvalue weighted by Gasteiger charge is 1.99. The van der Waals surface area contributed by atoms with Crippen LogP contribution in [0.4, 0.5) is 0 Å². The molecule has 1 heterocycles. The first-order valence-corrected chi connectivity index (χ1v) is 5.79. The van der Waals surface area contributed by atoms with Crippen LogP contribution in [0.15, 0.2) is 36.5 Å². The van der Waals surface area contributed by atoms with E-state index in [4.69, 9.17) is 4.74 Å². The second-order valence-electron chi connectivity index (χ2n) is 4.24. The minimum absolute atomic E-state index is 0.411. The molecule has 0 spiro atoms. The number of carbonyl (C=O) groups is 1. The molecular weight excluding hydrogens is 226 g/mol. The van der Waals surface area contributed by atoms with Gasteiger partial charge in [0.15, 0.2) is 6.29 Å². The van der Waals surface area contributed by atoms with Crippen LogP contribution in [0.25, 0.3) is 0 Å². The van der Waals surface area contributed by atoms with Crippen LogP contribution < -0.4 is 4.74 Å². The first-order chi connectivity index (χ1) is 8.69. The quantitative estimate of drug-likeness (QED) is 0.772. The Labute approximate surface area is 106 Å². The third-order valence-corrected chi connectivity index (χ3v) is 2.86. The Balaban J connectivity index is 2.01. The Morgan fingerprint density at radius 3 is 2.61 bits per heavy atom. The molecule has 2 rings (SSSR count). The second kappa shape index (κ2) is 5.45. The van der Waals surface area contributed by atoms with E-state index in [1.54, 1.807) is 18.3 Å². The van der Waals surface area contributed by atoms with E-state index >= 15 is 0 Å². The van der Waals surface area contributed by atoms with Gasteiger partial charge in [0.2, 0.25) is 0 Å². The van der Waals surface area contributed by atoms with Gasteiger partial charge in [-0.3, -0.25) is 4.79 Å². The zero-order valence-electron chi connectivity index (χ0n) is 10.5. The molecule has 0 bridgehead atoms. The summed E-state index contributed by atoms with van der Waals surface area (Å²) in [5.74, 6) is 0.666. The summed E-state index contributed by atoms with van der Waals surface area (Å²) >= 11 is 0. The van der Waals surface area contributed by atoms with Gasteiger partial charge in [0.1, 0.15) is 18.1 Å². The molecule has 1 aromatic heterocycles. The summed E-state index contributed by atoms with van der Waals surface area (Å²) in [5.41, 5.74) is 4.06. The van der Waals surface area contributed by atoms with E-state index < -0.39 is 0 Å². The molecule has 0 unspecified atom stereocenters. The van der Waals surface area contributed by atoms with Crippen molar-refractivity contribution in [3.8, 4) is 5.75 Å². The van der Waals surface area contributed by atoms with Gasteiger partial charge in [-0.05, 0) is 42.7 Å². The van der Waals surface area contributed by atoms with Crippen LogP contribution in [-0.4, -0.2) is 11.3 Å². The molecule has 0 radical (unpaired) electrons. The zero-order valence-corrected chi connectivity index (χ0v) is 10.5. The summed E-state index contributed by atoms with van der Waals surface area (Å²) in [7, 11) is 0. The Morgan fingerprint density at radius 1 is 1.17 bits per heavy atom. The predicted octanol–water partition coefficient (Wildman–Crippen LogP) is 3.09. The molecule has 0 aliphatic rings. The van der Waals surface area contributed by atoms with Crippen molar-refractivity contribution in [2.24, 2.45) is 0 Å².